The highest BCUT2D eigenvalue weighted by Gasteiger charge is 2.20. The molecule has 3 aromatic rings. The third kappa shape index (κ3) is 5.42. The molecule has 0 bridgehead atoms. The first-order valence-corrected chi connectivity index (χ1v) is 10.1. The summed E-state index contributed by atoms with van der Waals surface area (Å²) in [5.74, 6) is -0.00436. The number of anilines is 2. The maximum atomic E-state index is 12.3. The average Bonchev–Trinajstić information content (AvgIpc) is 3.20. The van der Waals surface area contributed by atoms with Gasteiger partial charge in [0.2, 0.25) is 5.91 Å². The van der Waals surface area contributed by atoms with Crippen LogP contribution in [0.5, 0.6) is 5.75 Å². The van der Waals surface area contributed by atoms with Crippen molar-refractivity contribution in [3.05, 3.63) is 71.2 Å². The lowest BCUT2D eigenvalue weighted by atomic mass is 10.1. The fourth-order valence-corrected chi connectivity index (χ4v) is 3.62. The van der Waals surface area contributed by atoms with Gasteiger partial charge in [0, 0.05) is 12.3 Å². The van der Waals surface area contributed by atoms with Gasteiger partial charge in [0.15, 0.2) is 11.7 Å². The van der Waals surface area contributed by atoms with Gasteiger partial charge in [0.1, 0.15) is 12.4 Å². The molecule has 0 radical (unpaired) electrons. The van der Waals surface area contributed by atoms with Gasteiger partial charge in [-0.05, 0) is 30.2 Å². The van der Waals surface area contributed by atoms with Crippen LogP contribution in [0.15, 0.2) is 60.0 Å². The van der Waals surface area contributed by atoms with Crippen molar-refractivity contribution in [1.29, 1.82) is 0 Å². The summed E-state index contributed by atoms with van der Waals surface area (Å²) in [7, 11) is 0. The van der Waals surface area contributed by atoms with Crippen molar-refractivity contribution >= 4 is 34.0 Å². The molecule has 1 aromatic heterocycles. The molecule has 0 aliphatic rings. The summed E-state index contributed by atoms with van der Waals surface area (Å²) in [6, 6.07) is 16.8. The van der Waals surface area contributed by atoms with Crippen LogP contribution >= 0.6 is 11.3 Å². The number of benzene rings is 2. The Labute approximate surface area is 173 Å². The summed E-state index contributed by atoms with van der Waals surface area (Å²) in [6.45, 7) is 3.40. The molecule has 7 heteroatoms. The molecule has 6 nitrogen and oxygen atoms in total. The van der Waals surface area contributed by atoms with E-state index in [-0.39, 0.29) is 19.1 Å². The Morgan fingerprint density at radius 2 is 1.79 bits per heavy atom. The Hall–Kier alpha value is -3.19. The fourth-order valence-electron chi connectivity index (χ4n) is 2.76. The molecule has 2 aromatic carbocycles. The quantitative estimate of drug-likeness (QED) is 0.511. The number of para-hydroxylation sites is 2. The van der Waals surface area contributed by atoms with E-state index in [0.29, 0.717) is 16.6 Å². The van der Waals surface area contributed by atoms with E-state index >= 15 is 0 Å². The van der Waals surface area contributed by atoms with Crippen LogP contribution in [0.4, 0.5) is 10.8 Å². The second-order valence-corrected chi connectivity index (χ2v) is 7.06. The Kier molecular flexibility index (Phi) is 6.97. The number of carbonyl (C=O) groups is 2. The maximum Gasteiger partial charge on any atom is 0.344 e. The predicted octanol–water partition coefficient (Wildman–Crippen LogP) is 4.51. The van der Waals surface area contributed by atoms with E-state index in [9.17, 15) is 9.59 Å². The molecule has 3 rings (SSSR count). The van der Waals surface area contributed by atoms with Crippen LogP contribution in [-0.4, -0.2) is 23.5 Å². The summed E-state index contributed by atoms with van der Waals surface area (Å²) < 4.78 is 10.6. The summed E-state index contributed by atoms with van der Waals surface area (Å²) in [6.07, 6.45) is 0.803. The lowest BCUT2D eigenvalue weighted by Crippen LogP contribution is -2.23. The molecule has 0 aliphatic carbocycles. The minimum atomic E-state index is -0.483. The van der Waals surface area contributed by atoms with Gasteiger partial charge in [0.05, 0.1) is 11.4 Å². The van der Waals surface area contributed by atoms with E-state index in [1.54, 1.807) is 22.4 Å². The summed E-state index contributed by atoms with van der Waals surface area (Å²) in [5.41, 5.74) is 2.46. The zero-order chi connectivity index (χ0) is 20.6. The van der Waals surface area contributed by atoms with Crippen molar-refractivity contribution in [1.82, 2.24) is 4.98 Å². The Morgan fingerprint density at radius 3 is 2.52 bits per heavy atom. The van der Waals surface area contributed by atoms with Gasteiger partial charge in [0.25, 0.3) is 0 Å². The van der Waals surface area contributed by atoms with E-state index in [4.69, 9.17) is 9.47 Å². The zero-order valence-corrected chi connectivity index (χ0v) is 17.1. The lowest BCUT2D eigenvalue weighted by molar-refractivity contribution is -0.147. The minimum absolute atomic E-state index is 0.0225. The van der Waals surface area contributed by atoms with Crippen LogP contribution in [0, 0.1) is 0 Å². The first-order chi connectivity index (χ1) is 14.1. The highest BCUT2D eigenvalue weighted by Crippen LogP contribution is 2.31. The van der Waals surface area contributed by atoms with Crippen LogP contribution < -0.4 is 9.64 Å². The number of thiazole rings is 1. The maximum absolute atomic E-state index is 12.3. The number of hydrogen-bond donors (Lipinski definition) is 0. The number of nitrogens with zero attached hydrogens (tertiary/aromatic N) is 2. The summed E-state index contributed by atoms with van der Waals surface area (Å²) in [5, 5.41) is 2.33. The molecular formula is C22H22N2O4S. The van der Waals surface area contributed by atoms with Gasteiger partial charge in [-0.3, -0.25) is 9.69 Å². The van der Waals surface area contributed by atoms with Gasteiger partial charge < -0.3 is 9.47 Å². The van der Waals surface area contributed by atoms with E-state index in [1.165, 1.54) is 18.3 Å². The third-order valence-corrected chi connectivity index (χ3v) is 5.01. The van der Waals surface area contributed by atoms with Crippen molar-refractivity contribution in [2.45, 2.75) is 26.9 Å². The third-order valence-electron chi connectivity index (χ3n) is 4.14. The number of amides is 1. The molecule has 150 valence electrons. The van der Waals surface area contributed by atoms with Crippen molar-refractivity contribution in [3.8, 4) is 5.75 Å². The minimum Gasteiger partial charge on any atom is -0.482 e. The first-order valence-electron chi connectivity index (χ1n) is 9.25. The molecule has 0 saturated heterocycles. The number of hydrogen-bond acceptors (Lipinski definition) is 6. The Balaban J connectivity index is 1.63. The molecule has 0 atom stereocenters. The van der Waals surface area contributed by atoms with Crippen LogP contribution in [-0.2, 0) is 27.4 Å². The molecule has 0 spiro atoms. The highest BCUT2D eigenvalue weighted by atomic mass is 32.1. The van der Waals surface area contributed by atoms with Gasteiger partial charge in [-0.1, -0.05) is 43.3 Å². The van der Waals surface area contributed by atoms with Crippen molar-refractivity contribution in [3.63, 3.8) is 0 Å². The van der Waals surface area contributed by atoms with Gasteiger partial charge in [-0.25, -0.2) is 9.78 Å². The second-order valence-electron chi connectivity index (χ2n) is 6.22. The monoisotopic (exact) mass is 410 g/mol. The number of ether oxygens (including phenoxy) is 2. The molecular weight excluding hydrogens is 388 g/mol. The Morgan fingerprint density at radius 1 is 1.07 bits per heavy atom. The van der Waals surface area contributed by atoms with Crippen molar-refractivity contribution in [2.75, 3.05) is 11.5 Å². The smallest absolute Gasteiger partial charge is 0.344 e. The van der Waals surface area contributed by atoms with Crippen LogP contribution in [0.2, 0.25) is 0 Å². The molecule has 1 heterocycles. The zero-order valence-electron chi connectivity index (χ0n) is 16.3. The van der Waals surface area contributed by atoms with Crippen LogP contribution in [0.3, 0.4) is 0 Å². The van der Waals surface area contributed by atoms with Crippen molar-refractivity contribution < 1.29 is 19.1 Å². The van der Waals surface area contributed by atoms with E-state index < -0.39 is 5.97 Å². The highest BCUT2D eigenvalue weighted by molar-refractivity contribution is 7.14. The summed E-state index contributed by atoms with van der Waals surface area (Å²) >= 11 is 1.33. The van der Waals surface area contributed by atoms with Gasteiger partial charge in [-0.15, -0.1) is 11.3 Å². The molecule has 0 aliphatic heterocycles. The molecule has 0 unspecified atom stereocenters. The molecule has 0 saturated carbocycles. The van der Waals surface area contributed by atoms with E-state index in [2.05, 4.69) is 4.98 Å². The summed E-state index contributed by atoms with van der Waals surface area (Å²) in [4.78, 5) is 30.3. The van der Waals surface area contributed by atoms with E-state index in [0.717, 1.165) is 17.7 Å². The van der Waals surface area contributed by atoms with Crippen LogP contribution in [0.25, 0.3) is 0 Å². The fraction of sp³-hybridized carbons (Fsp3) is 0.227. The first kappa shape index (κ1) is 20.5. The van der Waals surface area contributed by atoms with Crippen molar-refractivity contribution in [2.24, 2.45) is 0 Å². The number of aryl methyl sites for hydroxylation is 1. The number of aromatic nitrogens is 1. The lowest BCUT2D eigenvalue weighted by Gasteiger charge is -2.20. The molecule has 0 N–H and O–H groups in total. The normalized spacial score (nSPS) is 10.4. The van der Waals surface area contributed by atoms with Crippen LogP contribution in [0.1, 0.15) is 25.1 Å². The number of esters is 1. The topological polar surface area (TPSA) is 68.7 Å². The second kappa shape index (κ2) is 9.84. The van der Waals surface area contributed by atoms with Gasteiger partial charge >= 0.3 is 5.97 Å². The average molecular weight is 410 g/mol. The molecule has 29 heavy (non-hydrogen) atoms. The molecule has 1 amide bonds. The molecule has 0 fully saturated rings. The number of carbonyl (C=O) groups excluding carboxylic acids is 2. The predicted molar refractivity (Wildman–Crippen MR) is 112 cm³/mol. The standard InChI is InChI=1S/C22H22N2O4S/c1-3-17-9-7-8-12-20(17)24(16(2)25)22-23-18(15-29-22)13-28-21(26)14-27-19-10-5-4-6-11-19/h4-12,15H,3,13-14H2,1-2H3. The largest absolute Gasteiger partial charge is 0.482 e. The Bertz CT molecular complexity index is 972. The number of rotatable bonds is 8. The van der Waals surface area contributed by atoms with E-state index in [1.807, 2.05) is 49.4 Å². The SMILES string of the molecule is CCc1ccccc1N(C(C)=O)c1nc(COC(=O)COc2ccccc2)cs1. The van der Waals surface area contributed by atoms with Gasteiger partial charge in [-0.2, -0.15) is 0 Å².